The summed E-state index contributed by atoms with van der Waals surface area (Å²) in [7, 11) is 0. The first kappa shape index (κ1) is 15.6. The van der Waals surface area contributed by atoms with Crippen LogP contribution in [-0.2, 0) is 0 Å². The number of rotatable bonds is 5. The number of piperidine rings is 1. The Labute approximate surface area is 126 Å². The number of nitrogens with one attached hydrogen (secondary N) is 1. The zero-order chi connectivity index (χ0) is 14.5. The maximum atomic E-state index is 9.20. The van der Waals surface area contributed by atoms with Crippen LogP contribution in [0.1, 0.15) is 38.3 Å². The molecule has 1 fully saturated rings. The van der Waals surface area contributed by atoms with Gasteiger partial charge < -0.3 is 15.3 Å². The average molecular weight is 297 g/mol. The first-order valence-electron chi connectivity index (χ1n) is 7.54. The van der Waals surface area contributed by atoms with Crippen LogP contribution in [0.2, 0.25) is 5.02 Å². The van der Waals surface area contributed by atoms with Crippen molar-refractivity contribution in [3.63, 3.8) is 0 Å². The average Bonchev–Trinajstić information content (AvgIpc) is 2.47. The van der Waals surface area contributed by atoms with E-state index in [4.69, 9.17) is 11.6 Å². The van der Waals surface area contributed by atoms with E-state index in [9.17, 15) is 5.11 Å². The molecule has 20 heavy (non-hydrogen) atoms. The Morgan fingerprint density at radius 3 is 2.65 bits per heavy atom. The first-order chi connectivity index (χ1) is 9.65. The van der Waals surface area contributed by atoms with Gasteiger partial charge in [0.15, 0.2) is 0 Å². The summed E-state index contributed by atoms with van der Waals surface area (Å²) in [5.41, 5.74) is 2.35. The van der Waals surface area contributed by atoms with Crippen molar-refractivity contribution in [3.05, 3.63) is 28.8 Å². The Kier molecular flexibility index (Phi) is 5.70. The maximum absolute atomic E-state index is 9.20. The molecule has 1 heterocycles. The highest BCUT2D eigenvalue weighted by Gasteiger charge is 2.20. The summed E-state index contributed by atoms with van der Waals surface area (Å²) < 4.78 is 0. The summed E-state index contributed by atoms with van der Waals surface area (Å²) in [4.78, 5) is 2.33. The molecule has 3 nitrogen and oxygen atoms in total. The Balaban J connectivity index is 2.06. The van der Waals surface area contributed by atoms with Crippen molar-refractivity contribution < 1.29 is 5.11 Å². The monoisotopic (exact) mass is 296 g/mol. The smallest absolute Gasteiger partial charge is 0.0642 e. The van der Waals surface area contributed by atoms with Gasteiger partial charge in [0.2, 0.25) is 0 Å². The zero-order valence-electron chi connectivity index (χ0n) is 12.4. The molecule has 1 aromatic rings. The van der Waals surface area contributed by atoms with E-state index in [0.717, 1.165) is 43.2 Å². The van der Waals surface area contributed by atoms with Gasteiger partial charge in [-0.15, -0.1) is 0 Å². The van der Waals surface area contributed by atoms with Crippen LogP contribution in [-0.4, -0.2) is 31.3 Å². The second-order valence-electron chi connectivity index (χ2n) is 5.60. The maximum Gasteiger partial charge on any atom is 0.0642 e. The molecule has 1 unspecified atom stereocenters. The van der Waals surface area contributed by atoms with Gasteiger partial charge in [0, 0.05) is 25.7 Å². The second-order valence-corrected chi connectivity index (χ2v) is 6.01. The summed E-state index contributed by atoms with van der Waals surface area (Å²) in [6.45, 7) is 7.48. The highest BCUT2D eigenvalue weighted by atomic mass is 35.5. The van der Waals surface area contributed by atoms with Crippen LogP contribution in [0, 0.1) is 5.92 Å². The predicted molar refractivity (Wildman–Crippen MR) is 85.6 cm³/mol. The third-order valence-corrected chi connectivity index (χ3v) is 4.50. The van der Waals surface area contributed by atoms with Crippen molar-refractivity contribution >= 4 is 17.3 Å². The lowest BCUT2D eigenvalue weighted by atomic mass is 9.97. The van der Waals surface area contributed by atoms with Crippen LogP contribution in [0.25, 0.3) is 0 Å². The second kappa shape index (κ2) is 7.30. The van der Waals surface area contributed by atoms with Crippen molar-refractivity contribution in [3.8, 4) is 0 Å². The molecule has 1 aliphatic heterocycles. The number of hydrogen-bond acceptors (Lipinski definition) is 3. The highest BCUT2D eigenvalue weighted by Crippen LogP contribution is 2.31. The number of benzene rings is 1. The molecule has 0 radical (unpaired) electrons. The van der Waals surface area contributed by atoms with Crippen LogP contribution < -0.4 is 10.2 Å². The third-order valence-electron chi connectivity index (χ3n) is 4.20. The third kappa shape index (κ3) is 3.66. The summed E-state index contributed by atoms with van der Waals surface area (Å²) >= 11 is 6.46. The molecule has 2 rings (SSSR count). The van der Waals surface area contributed by atoms with Gasteiger partial charge in [-0.3, -0.25) is 0 Å². The molecule has 1 atom stereocenters. The molecule has 1 aliphatic rings. The van der Waals surface area contributed by atoms with E-state index in [2.05, 4.69) is 42.3 Å². The van der Waals surface area contributed by atoms with E-state index in [-0.39, 0.29) is 0 Å². The van der Waals surface area contributed by atoms with Crippen LogP contribution in [0.15, 0.2) is 18.2 Å². The fraction of sp³-hybridized carbons (Fsp3) is 0.625. The largest absolute Gasteiger partial charge is 0.396 e. The topological polar surface area (TPSA) is 35.5 Å². The van der Waals surface area contributed by atoms with Crippen LogP contribution in [0.4, 0.5) is 5.69 Å². The van der Waals surface area contributed by atoms with E-state index in [1.807, 2.05) is 0 Å². The standard InChI is InChI=1S/C16H25ClN2O/c1-3-18-12(2)14-4-5-16(15(17)10-14)19-8-6-13(11-20)7-9-19/h4-5,10,12-13,18,20H,3,6-9,11H2,1-2H3. The van der Waals surface area contributed by atoms with Crippen molar-refractivity contribution in [1.82, 2.24) is 5.32 Å². The van der Waals surface area contributed by atoms with Crippen molar-refractivity contribution in [2.75, 3.05) is 31.1 Å². The predicted octanol–water partition coefficient (Wildman–Crippen LogP) is 3.22. The fourth-order valence-corrected chi connectivity index (χ4v) is 3.14. The SMILES string of the molecule is CCNC(C)c1ccc(N2CCC(CO)CC2)c(Cl)c1. The van der Waals surface area contributed by atoms with Gasteiger partial charge in [0.05, 0.1) is 10.7 Å². The van der Waals surface area contributed by atoms with Gasteiger partial charge in [-0.2, -0.15) is 0 Å². The molecule has 4 heteroatoms. The van der Waals surface area contributed by atoms with Gasteiger partial charge in [-0.1, -0.05) is 24.6 Å². The molecule has 0 spiro atoms. The lowest BCUT2D eigenvalue weighted by Crippen LogP contribution is -2.34. The number of anilines is 1. The Morgan fingerprint density at radius 2 is 2.10 bits per heavy atom. The number of nitrogens with zero attached hydrogens (tertiary/aromatic N) is 1. The lowest BCUT2D eigenvalue weighted by molar-refractivity contribution is 0.203. The van der Waals surface area contributed by atoms with E-state index < -0.39 is 0 Å². The van der Waals surface area contributed by atoms with Gasteiger partial charge in [0.1, 0.15) is 0 Å². The van der Waals surface area contributed by atoms with Crippen molar-refractivity contribution in [2.45, 2.75) is 32.7 Å². The summed E-state index contributed by atoms with van der Waals surface area (Å²) in [6, 6.07) is 6.69. The normalized spacial score (nSPS) is 18.3. The fourth-order valence-electron chi connectivity index (χ4n) is 2.83. The van der Waals surface area contributed by atoms with Crippen LogP contribution in [0.3, 0.4) is 0 Å². The lowest BCUT2D eigenvalue weighted by Gasteiger charge is -2.33. The van der Waals surface area contributed by atoms with E-state index >= 15 is 0 Å². The number of halogens is 1. The molecule has 0 bridgehead atoms. The minimum Gasteiger partial charge on any atom is -0.396 e. The molecule has 1 aromatic carbocycles. The molecule has 2 N–H and O–H groups in total. The van der Waals surface area contributed by atoms with Gasteiger partial charge in [-0.05, 0) is 49.9 Å². The molecule has 1 saturated heterocycles. The number of aliphatic hydroxyl groups is 1. The number of aliphatic hydroxyl groups excluding tert-OH is 1. The summed E-state index contributed by atoms with van der Waals surface area (Å²) in [5.74, 6) is 0.457. The molecular weight excluding hydrogens is 272 g/mol. The van der Waals surface area contributed by atoms with Crippen molar-refractivity contribution in [2.24, 2.45) is 5.92 Å². The zero-order valence-corrected chi connectivity index (χ0v) is 13.2. The Bertz CT molecular complexity index is 430. The summed E-state index contributed by atoms with van der Waals surface area (Å²) in [6.07, 6.45) is 2.09. The van der Waals surface area contributed by atoms with Crippen LogP contribution in [0.5, 0.6) is 0 Å². The van der Waals surface area contributed by atoms with E-state index in [1.54, 1.807) is 0 Å². The number of hydrogen-bond donors (Lipinski definition) is 2. The van der Waals surface area contributed by atoms with E-state index in [0.29, 0.717) is 18.6 Å². The molecule has 0 amide bonds. The van der Waals surface area contributed by atoms with E-state index in [1.165, 1.54) is 5.56 Å². The minimum absolute atomic E-state index is 0.306. The van der Waals surface area contributed by atoms with Gasteiger partial charge in [-0.25, -0.2) is 0 Å². The highest BCUT2D eigenvalue weighted by molar-refractivity contribution is 6.33. The molecule has 112 valence electrons. The quantitative estimate of drug-likeness (QED) is 0.876. The minimum atomic E-state index is 0.306. The molecular formula is C16H25ClN2O. The van der Waals surface area contributed by atoms with Crippen molar-refractivity contribution in [1.29, 1.82) is 0 Å². The van der Waals surface area contributed by atoms with Gasteiger partial charge in [0.25, 0.3) is 0 Å². The molecule has 0 aromatic heterocycles. The Morgan fingerprint density at radius 1 is 1.40 bits per heavy atom. The molecule has 0 saturated carbocycles. The first-order valence-corrected chi connectivity index (χ1v) is 7.92. The van der Waals surface area contributed by atoms with Gasteiger partial charge >= 0.3 is 0 Å². The van der Waals surface area contributed by atoms with Crippen LogP contribution >= 0.6 is 11.6 Å². The molecule has 0 aliphatic carbocycles. The summed E-state index contributed by atoms with van der Waals surface area (Å²) in [5, 5.41) is 13.4. The Hall–Kier alpha value is -0.770.